The Kier molecular flexibility index (Phi) is 7.60. The smallest absolute Gasteiger partial charge is 0.330 e. The number of hydrogen-bond acceptors (Lipinski definition) is 8. The maximum Gasteiger partial charge on any atom is 0.330 e. The van der Waals surface area contributed by atoms with Gasteiger partial charge in [0.05, 0.1) is 17.7 Å². The van der Waals surface area contributed by atoms with Crippen LogP contribution in [0.2, 0.25) is 0 Å². The van der Waals surface area contributed by atoms with Gasteiger partial charge in [-0.1, -0.05) is 25.0 Å². The van der Waals surface area contributed by atoms with Gasteiger partial charge in [-0.2, -0.15) is 0 Å². The van der Waals surface area contributed by atoms with Crippen molar-refractivity contribution < 1.29 is 29.3 Å². The summed E-state index contributed by atoms with van der Waals surface area (Å²) in [7, 11) is 0. The van der Waals surface area contributed by atoms with Gasteiger partial charge in [-0.05, 0) is 31.9 Å². The number of aromatic amines is 1. The number of fused-ring (bicyclic) bond motifs is 1. The van der Waals surface area contributed by atoms with Gasteiger partial charge < -0.3 is 19.7 Å². The first-order chi connectivity index (χ1) is 16.8. The number of H-pyrrole nitrogens is 1. The highest BCUT2D eigenvalue weighted by atomic mass is 16.6. The third kappa shape index (κ3) is 4.98. The topological polar surface area (TPSA) is 151 Å². The van der Waals surface area contributed by atoms with Crippen LogP contribution in [0, 0.1) is 6.92 Å². The predicted octanol–water partition coefficient (Wildman–Crippen LogP) is 0.337. The van der Waals surface area contributed by atoms with E-state index in [2.05, 4.69) is 4.98 Å². The minimum atomic E-state index is -1.22. The molecule has 35 heavy (non-hydrogen) atoms. The highest BCUT2D eigenvalue weighted by Crippen LogP contribution is 2.30. The van der Waals surface area contributed by atoms with Crippen LogP contribution in [0.3, 0.4) is 0 Å². The predicted molar refractivity (Wildman–Crippen MR) is 123 cm³/mol. The van der Waals surface area contributed by atoms with E-state index in [9.17, 15) is 29.4 Å². The highest BCUT2D eigenvalue weighted by molar-refractivity contribution is 6.21. The fourth-order valence-corrected chi connectivity index (χ4v) is 4.46. The number of rotatable bonds is 10. The first kappa shape index (κ1) is 25.0. The van der Waals surface area contributed by atoms with Crippen molar-refractivity contribution in [2.75, 3.05) is 19.8 Å². The first-order valence-corrected chi connectivity index (χ1v) is 11.7. The van der Waals surface area contributed by atoms with E-state index in [1.54, 1.807) is 24.3 Å². The Hall–Kier alpha value is -3.12. The second kappa shape index (κ2) is 10.6. The molecule has 4 unspecified atom stereocenters. The molecule has 0 bridgehead atoms. The number of nitrogens with one attached hydrogen (secondary N) is 1. The van der Waals surface area contributed by atoms with Crippen LogP contribution in [0.1, 0.15) is 58.2 Å². The van der Waals surface area contributed by atoms with Crippen LogP contribution in [0.25, 0.3) is 0 Å². The molecule has 3 heterocycles. The summed E-state index contributed by atoms with van der Waals surface area (Å²) in [5.74, 6) is -0.518. The summed E-state index contributed by atoms with van der Waals surface area (Å²) < 4.78 is 12.5. The molecule has 2 amide bonds. The Morgan fingerprint density at radius 1 is 1.03 bits per heavy atom. The molecule has 4 atom stereocenters. The van der Waals surface area contributed by atoms with E-state index in [-0.39, 0.29) is 17.4 Å². The Morgan fingerprint density at radius 2 is 1.69 bits per heavy atom. The average molecular weight is 488 g/mol. The average Bonchev–Trinajstić information content (AvgIpc) is 3.29. The van der Waals surface area contributed by atoms with Crippen LogP contribution >= 0.6 is 0 Å². The largest absolute Gasteiger partial charge is 0.394 e. The lowest BCUT2D eigenvalue weighted by atomic mass is 10.1. The number of carbonyl (C=O) groups is 2. The zero-order chi connectivity index (χ0) is 25.1. The molecule has 2 aliphatic heterocycles. The summed E-state index contributed by atoms with van der Waals surface area (Å²) in [6, 6.07) is 6.80. The van der Waals surface area contributed by atoms with Crippen LogP contribution in [0.5, 0.6) is 0 Å². The maximum atomic E-state index is 12.4. The molecule has 1 saturated heterocycles. The van der Waals surface area contributed by atoms with Gasteiger partial charge in [0.15, 0.2) is 6.23 Å². The summed E-state index contributed by atoms with van der Waals surface area (Å²) in [6.45, 7) is 1.77. The number of benzene rings is 1. The van der Waals surface area contributed by atoms with Crippen molar-refractivity contribution >= 4 is 11.8 Å². The third-order valence-electron chi connectivity index (χ3n) is 6.37. The van der Waals surface area contributed by atoms with Gasteiger partial charge in [-0.3, -0.25) is 28.8 Å². The molecule has 1 aromatic carbocycles. The third-order valence-corrected chi connectivity index (χ3v) is 6.37. The van der Waals surface area contributed by atoms with E-state index in [1.165, 1.54) is 18.0 Å². The van der Waals surface area contributed by atoms with Crippen molar-refractivity contribution in [3.63, 3.8) is 0 Å². The quantitative estimate of drug-likeness (QED) is 0.321. The minimum Gasteiger partial charge on any atom is -0.394 e. The van der Waals surface area contributed by atoms with Gasteiger partial charge in [-0.15, -0.1) is 0 Å². The number of aliphatic hydroxyl groups excluding tert-OH is 2. The van der Waals surface area contributed by atoms with Crippen molar-refractivity contribution in [2.24, 2.45) is 0 Å². The number of imide groups is 1. The summed E-state index contributed by atoms with van der Waals surface area (Å²) in [4.78, 5) is 52.0. The maximum absolute atomic E-state index is 12.4. The first-order valence-electron chi connectivity index (χ1n) is 11.7. The van der Waals surface area contributed by atoms with E-state index in [1.807, 2.05) is 0 Å². The zero-order valence-corrected chi connectivity index (χ0v) is 19.4. The number of ether oxygens (including phenoxy) is 2. The molecule has 0 saturated carbocycles. The Morgan fingerprint density at radius 3 is 2.34 bits per heavy atom. The number of unbranched alkanes of at least 4 members (excludes halogenated alkanes) is 3. The van der Waals surface area contributed by atoms with Gasteiger partial charge in [0.1, 0.15) is 18.3 Å². The minimum absolute atomic E-state index is 0.259. The lowest BCUT2D eigenvalue weighted by Gasteiger charge is -2.20. The lowest BCUT2D eigenvalue weighted by Crippen LogP contribution is -2.39. The van der Waals surface area contributed by atoms with Crippen molar-refractivity contribution in [3.8, 4) is 0 Å². The molecular weight excluding hydrogens is 458 g/mol. The second-order valence-corrected chi connectivity index (χ2v) is 8.77. The number of aliphatic hydroxyl groups is 2. The van der Waals surface area contributed by atoms with E-state index in [0.29, 0.717) is 37.1 Å². The Balaban J connectivity index is 1.22. The molecule has 11 heteroatoms. The number of aryl methyl sites for hydroxylation is 1. The summed E-state index contributed by atoms with van der Waals surface area (Å²) in [5, 5.41) is 20.3. The molecule has 188 valence electrons. The van der Waals surface area contributed by atoms with Gasteiger partial charge in [-0.25, -0.2) is 4.79 Å². The Labute approximate surface area is 200 Å². The molecule has 0 spiro atoms. The Bertz CT molecular complexity index is 1170. The van der Waals surface area contributed by atoms with E-state index in [0.717, 1.165) is 17.4 Å². The molecule has 1 fully saturated rings. The molecule has 0 aliphatic carbocycles. The van der Waals surface area contributed by atoms with Gasteiger partial charge in [0, 0.05) is 24.9 Å². The van der Waals surface area contributed by atoms with Gasteiger partial charge in [0.25, 0.3) is 17.4 Å². The standard InChI is InChI=1S/C24H29N3O8/c1-14-12-27(24(33)25-20(14)30)23-18(29)19(17(13-28)35-23)34-11-7-3-2-6-10-26-21(31)15-8-4-5-9-16(15)22(26)32/h4-5,8-9,12,17-19,23,28-29H,2-3,6-7,10-11,13H2,1H3,(H,25,30,33). The van der Waals surface area contributed by atoms with E-state index >= 15 is 0 Å². The van der Waals surface area contributed by atoms with Crippen molar-refractivity contribution in [1.82, 2.24) is 14.5 Å². The van der Waals surface area contributed by atoms with Crippen LogP contribution in [0.15, 0.2) is 40.1 Å². The lowest BCUT2D eigenvalue weighted by molar-refractivity contribution is -0.0626. The number of hydrogen-bond donors (Lipinski definition) is 3. The second-order valence-electron chi connectivity index (χ2n) is 8.77. The molecule has 4 rings (SSSR count). The van der Waals surface area contributed by atoms with Gasteiger partial charge in [0.2, 0.25) is 0 Å². The highest BCUT2D eigenvalue weighted by Gasteiger charge is 2.45. The van der Waals surface area contributed by atoms with Gasteiger partial charge >= 0.3 is 5.69 Å². The van der Waals surface area contributed by atoms with Crippen LogP contribution in [-0.2, 0) is 9.47 Å². The van der Waals surface area contributed by atoms with E-state index in [4.69, 9.17) is 9.47 Å². The molecule has 11 nitrogen and oxygen atoms in total. The van der Waals surface area contributed by atoms with Crippen molar-refractivity contribution in [1.29, 1.82) is 0 Å². The zero-order valence-electron chi connectivity index (χ0n) is 19.4. The molecule has 3 N–H and O–H groups in total. The monoisotopic (exact) mass is 487 g/mol. The molecule has 0 radical (unpaired) electrons. The van der Waals surface area contributed by atoms with Crippen LogP contribution in [0.4, 0.5) is 0 Å². The molecule has 2 aliphatic rings. The number of nitrogens with zero attached hydrogens (tertiary/aromatic N) is 2. The molecule has 1 aromatic heterocycles. The summed E-state index contributed by atoms with van der Waals surface area (Å²) in [6.07, 6.45) is 0.189. The molecule has 2 aromatic rings. The fraction of sp³-hybridized carbons (Fsp3) is 0.500. The summed E-state index contributed by atoms with van der Waals surface area (Å²) >= 11 is 0. The SMILES string of the molecule is Cc1cn(C2OC(CO)C(OCCCCCCN3C(=O)c4ccccc4C3=O)C2O)c(=O)[nH]c1=O. The fourth-order valence-electron chi connectivity index (χ4n) is 4.46. The summed E-state index contributed by atoms with van der Waals surface area (Å²) in [5.41, 5.74) is -0.0710. The normalized spacial score (nSPS) is 23.8. The van der Waals surface area contributed by atoms with Crippen molar-refractivity contribution in [3.05, 3.63) is 68.0 Å². The molecular formula is C24H29N3O8. The van der Waals surface area contributed by atoms with Crippen LogP contribution in [-0.4, -0.2) is 74.5 Å². The number of carbonyl (C=O) groups excluding carboxylic acids is 2. The van der Waals surface area contributed by atoms with E-state index < -0.39 is 42.4 Å². The van der Waals surface area contributed by atoms with Crippen molar-refractivity contribution in [2.45, 2.75) is 57.1 Å². The van der Waals surface area contributed by atoms with Crippen LogP contribution < -0.4 is 11.2 Å². The number of aromatic nitrogens is 2. The number of amides is 2.